The van der Waals surface area contributed by atoms with E-state index in [1.807, 2.05) is 44.2 Å². The van der Waals surface area contributed by atoms with Gasteiger partial charge in [-0.2, -0.15) is 0 Å². The fraction of sp³-hybridized carbons (Fsp3) is 0.357. The molecule has 3 rings (SSSR count). The van der Waals surface area contributed by atoms with Gasteiger partial charge in [0.05, 0.1) is 12.7 Å². The lowest BCUT2D eigenvalue weighted by Gasteiger charge is -2.18. The zero-order valence-corrected chi connectivity index (χ0v) is 19.0. The zero-order chi connectivity index (χ0) is 22.2. The molecule has 0 amide bonds. The fourth-order valence-corrected chi connectivity index (χ4v) is 4.07. The molecule has 2 aromatic carbocycles. The average Bonchev–Trinajstić information content (AvgIpc) is 3.24. The van der Waals surface area contributed by atoms with Crippen molar-refractivity contribution in [3.05, 3.63) is 88.5 Å². The number of ether oxygens (including phenoxy) is 2. The molecule has 164 valence electrons. The number of benzene rings is 2. The number of allylic oxidation sites excluding steroid dienone is 1. The Bertz CT molecular complexity index is 930. The van der Waals surface area contributed by atoms with Crippen molar-refractivity contribution in [2.24, 2.45) is 0 Å². The Morgan fingerprint density at radius 1 is 1.16 bits per heavy atom. The molecule has 31 heavy (non-hydrogen) atoms. The van der Waals surface area contributed by atoms with Gasteiger partial charge in [-0.05, 0) is 85.2 Å². The first-order valence-corrected chi connectivity index (χ1v) is 11.1. The Balaban J connectivity index is 1.62. The van der Waals surface area contributed by atoms with E-state index in [1.54, 1.807) is 0 Å². The predicted molar refractivity (Wildman–Crippen MR) is 129 cm³/mol. The smallest absolute Gasteiger partial charge is 0.121 e. The van der Waals surface area contributed by atoms with Crippen LogP contribution >= 0.6 is 0 Å². The first-order valence-electron chi connectivity index (χ1n) is 11.1. The Morgan fingerprint density at radius 2 is 1.87 bits per heavy atom. The topological polar surface area (TPSA) is 38.7 Å². The minimum Gasteiger partial charge on any atom is -0.507 e. The largest absolute Gasteiger partial charge is 0.507 e. The van der Waals surface area contributed by atoms with Gasteiger partial charge in [0.15, 0.2) is 0 Å². The third-order valence-corrected chi connectivity index (χ3v) is 5.69. The summed E-state index contributed by atoms with van der Waals surface area (Å²) >= 11 is 0. The SMILES string of the molecule is C=C(COc1ccccc1)C1=CCOC1CC/C(=C/c1cc(C)c(O)c(C)c1)CCC. The molecule has 3 nitrogen and oxygen atoms in total. The molecular formula is C28H34O3. The number of para-hydroxylation sites is 1. The molecule has 1 atom stereocenters. The first-order chi connectivity index (χ1) is 15.0. The van der Waals surface area contributed by atoms with Crippen LogP contribution in [0.3, 0.4) is 0 Å². The number of hydrogen-bond acceptors (Lipinski definition) is 3. The summed E-state index contributed by atoms with van der Waals surface area (Å²) in [5.74, 6) is 1.24. The fourth-order valence-electron chi connectivity index (χ4n) is 4.07. The van der Waals surface area contributed by atoms with Crippen molar-refractivity contribution >= 4 is 6.08 Å². The highest BCUT2D eigenvalue weighted by Gasteiger charge is 2.22. The molecule has 1 unspecified atom stereocenters. The lowest BCUT2D eigenvalue weighted by Crippen LogP contribution is -2.15. The van der Waals surface area contributed by atoms with Gasteiger partial charge in [0.25, 0.3) is 0 Å². The normalized spacial score (nSPS) is 16.3. The number of aromatic hydroxyl groups is 1. The van der Waals surface area contributed by atoms with Crippen LogP contribution in [0.25, 0.3) is 6.08 Å². The van der Waals surface area contributed by atoms with Crippen molar-refractivity contribution in [3.63, 3.8) is 0 Å². The van der Waals surface area contributed by atoms with Gasteiger partial charge >= 0.3 is 0 Å². The maximum atomic E-state index is 10.1. The van der Waals surface area contributed by atoms with Crippen LogP contribution in [0.15, 0.2) is 71.8 Å². The van der Waals surface area contributed by atoms with E-state index in [4.69, 9.17) is 9.47 Å². The predicted octanol–water partition coefficient (Wildman–Crippen LogP) is 6.93. The minimum absolute atomic E-state index is 0.0652. The molecule has 0 fully saturated rings. The highest BCUT2D eigenvalue weighted by Crippen LogP contribution is 2.29. The van der Waals surface area contributed by atoms with Crippen molar-refractivity contribution in [2.45, 2.75) is 52.6 Å². The van der Waals surface area contributed by atoms with Crippen LogP contribution in [0.2, 0.25) is 0 Å². The second-order valence-corrected chi connectivity index (χ2v) is 8.28. The molecule has 1 heterocycles. The zero-order valence-electron chi connectivity index (χ0n) is 19.0. The summed E-state index contributed by atoms with van der Waals surface area (Å²) in [5, 5.41) is 10.1. The number of phenolic OH excluding ortho intramolecular Hbond substituents is 1. The Morgan fingerprint density at radius 3 is 2.55 bits per heavy atom. The molecule has 1 aliphatic heterocycles. The van der Waals surface area contributed by atoms with Gasteiger partial charge < -0.3 is 14.6 Å². The quantitative estimate of drug-likeness (QED) is 0.454. The molecule has 0 spiro atoms. The maximum Gasteiger partial charge on any atom is 0.121 e. The summed E-state index contributed by atoms with van der Waals surface area (Å²) in [6.45, 7) is 11.5. The maximum absolute atomic E-state index is 10.1. The number of aryl methyl sites for hydroxylation is 2. The van der Waals surface area contributed by atoms with Crippen molar-refractivity contribution in [3.8, 4) is 11.5 Å². The summed E-state index contributed by atoms with van der Waals surface area (Å²) in [6, 6.07) is 13.9. The van der Waals surface area contributed by atoms with Gasteiger partial charge in [-0.15, -0.1) is 0 Å². The van der Waals surface area contributed by atoms with Crippen LogP contribution in [0, 0.1) is 13.8 Å². The van der Waals surface area contributed by atoms with Crippen LogP contribution in [0.5, 0.6) is 11.5 Å². The number of rotatable bonds is 10. The van der Waals surface area contributed by atoms with E-state index in [0.29, 0.717) is 19.0 Å². The molecule has 0 aliphatic carbocycles. The first kappa shape index (κ1) is 22.9. The molecular weight excluding hydrogens is 384 g/mol. The van der Waals surface area contributed by atoms with Gasteiger partial charge in [-0.3, -0.25) is 0 Å². The lowest BCUT2D eigenvalue weighted by atomic mass is 9.94. The average molecular weight is 419 g/mol. The van der Waals surface area contributed by atoms with Gasteiger partial charge in [-0.25, -0.2) is 0 Å². The van der Waals surface area contributed by atoms with E-state index in [2.05, 4.69) is 37.8 Å². The van der Waals surface area contributed by atoms with Crippen LogP contribution in [-0.4, -0.2) is 24.4 Å². The van der Waals surface area contributed by atoms with Crippen molar-refractivity contribution < 1.29 is 14.6 Å². The molecule has 0 saturated carbocycles. The molecule has 1 N–H and O–H groups in total. The van der Waals surface area contributed by atoms with E-state index >= 15 is 0 Å². The molecule has 0 saturated heterocycles. The molecule has 0 bridgehead atoms. The van der Waals surface area contributed by atoms with E-state index in [9.17, 15) is 5.11 Å². The van der Waals surface area contributed by atoms with Crippen LogP contribution in [0.1, 0.15) is 49.3 Å². The van der Waals surface area contributed by atoms with Gasteiger partial charge in [-0.1, -0.05) is 55.8 Å². The van der Waals surface area contributed by atoms with Crippen LogP contribution in [0.4, 0.5) is 0 Å². The summed E-state index contributed by atoms with van der Waals surface area (Å²) in [5.41, 5.74) is 6.55. The molecule has 0 aromatic heterocycles. The molecule has 0 radical (unpaired) electrons. The summed E-state index contributed by atoms with van der Waals surface area (Å²) in [6.07, 6.45) is 8.54. The highest BCUT2D eigenvalue weighted by molar-refractivity contribution is 5.58. The summed E-state index contributed by atoms with van der Waals surface area (Å²) < 4.78 is 11.9. The van der Waals surface area contributed by atoms with Crippen molar-refractivity contribution in [1.82, 2.24) is 0 Å². The van der Waals surface area contributed by atoms with E-state index in [-0.39, 0.29) is 6.10 Å². The Hall–Kier alpha value is -2.78. The molecule has 3 heteroatoms. The van der Waals surface area contributed by atoms with Crippen LogP contribution in [-0.2, 0) is 4.74 Å². The number of phenols is 1. The van der Waals surface area contributed by atoms with E-state index in [1.165, 1.54) is 11.1 Å². The van der Waals surface area contributed by atoms with Gasteiger partial charge in [0.1, 0.15) is 18.1 Å². The third kappa shape index (κ3) is 6.35. The third-order valence-electron chi connectivity index (χ3n) is 5.69. The monoisotopic (exact) mass is 418 g/mol. The highest BCUT2D eigenvalue weighted by atomic mass is 16.5. The van der Waals surface area contributed by atoms with Gasteiger partial charge in [0, 0.05) is 0 Å². The summed E-state index contributed by atoms with van der Waals surface area (Å²) in [7, 11) is 0. The Kier molecular flexibility index (Phi) is 8.13. The van der Waals surface area contributed by atoms with Crippen molar-refractivity contribution in [1.29, 1.82) is 0 Å². The van der Waals surface area contributed by atoms with Crippen LogP contribution < -0.4 is 4.74 Å². The summed E-state index contributed by atoms with van der Waals surface area (Å²) in [4.78, 5) is 0. The van der Waals surface area contributed by atoms with E-state index in [0.717, 1.165) is 53.7 Å². The number of hydrogen-bond donors (Lipinski definition) is 1. The standard InChI is InChI=1S/C28H34O3/c1-5-9-23(18-24-16-20(2)28(29)21(3)17-24)12-13-27-26(14-15-30-27)22(4)19-31-25-10-7-6-8-11-25/h6-8,10-11,14,16-18,27,29H,4-5,9,12-13,15,19H2,1-3H3/b23-18+. The Labute approximate surface area is 186 Å². The van der Waals surface area contributed by atoms with Crippen molar-refractivity contribution in [2.75, 3.05) is 13.2 Å². The second-order valence-electron chi connectivity index (χ2n) is 8.28. The minimum atomic E-state index is 0.0652. The van der Waals surface area contributed by atoms with Gasteiger partial charge in [0.2, 0.25) is 0 Å². The lowest BCUT2D eigenvalue weighted by molar-refractivity contribution is 0.116. The van der Waals surface area contributed by atoms with E-state index < -0.39 is 0 Å². The molecule has 2 aromatic rings. The second kappa shape index (κ2) is 11.0. The molecule has 1 aliphatic rings.